The van der Waals surface area contributed by atoms with Crippen LogP contribution in [-0.4, -0.2) is 25.8 Å². The number of nitrogens with one attached hydrogen (secondary N) is 1. The van der Waals surface area contributed by atoms with Crippen molar-refractivity contribution in [3.63, 3.8) is 0 Å². The first-order chi connectivity index (χ1) is 8.81. The van der Waals surface area contributed by atoms with Gasteiger partial charge in [0.25, 0.3) is 0 Å². The van der Waals surface area contributed by atoms with Crippen molar-refractivity contribution in [1.82, 2.24) is 5.32 Å². The molecule has 3 heteroatoms. The van der Waals surface area contributed by atoms with E-state index in [1.165, 1.54) is 12.8 Å². The van der Waals surface area contributed by atoms with Gasteiger partial charge in [-0.05, 0) is 51.8 Å². The van der Waals surface area contributed by atoms with Gasteiger partial charge in [-0.3, -0.25) is 0 Å². The van der Waals surface area contributed by atoms with E-state index in [0.717, 1.165) is 24.3 Å². The standard InChI is InChI=1S/C15H23NO2/c1-3-17-13-7-5-9-15(11-13)18-14-8-4-6-12(10-14)16-2/h5,7,9,11-12,14,16H,3-4,6,8,10H2,1-2H3. The molecule has 2 rings (SSSR count). The molecule has 2 atom stereocenters. The molecule has 0 spiro atoms. The van der Waals surface area contributed by atoms with E-state index in [1.54, 1.807) is 0 Å². The highest BCUT2D eigenvalue weighted by molar-refractivity contribution is 5.33. The molecular formula is C15H23NO2. The maximum atomic E-state index is 6.05. The van der Waals surface area contributed by atoms with Gasteiger partial charge in [-0.15, -0.1) is 0 Å². The lowest BCUT2D eigenvalue weighted by Gasteiger charge is -2.29. The highest BCUT2D eigenvalue weighted by Crippen LogP contribution is 2.26. The van der Waals surface area contributed by atoms with Crippen molar-refractivity contribution in [1.29, 1.82) is 0 Å². The lowest BCUT2D eigenvalue weighted by molar-refractivity contribution is 0.136. The molecule has 18 heavy (non-hydrogen) atoms. The molecule has 1 aromatic rings. The summed E-state index contributed by atoms with van der Waals surface area (Å²) in [6.45, 7) is 2.68. The first-order valence-corrected chi connectivity index (χ1v) is 6.88. The number of benzene rings is 1. The summed E-state index contributed by atoms with van der Waals surface area (Å²) in [5.41, 5.74) is 0. The van der Waals surface area contributed by atoms with Crippen LogP contribution in [0.15, 0.2) is 24.3 Å². The summed E-state index contributed by atoms with van der Waals surface area (Å²) in [5, 5.41) is 3.35. The van der Waals surface area contributed by atoms with E-state index < -0.39 is 0 Å². The van der Waals surface area contributed by atoms with Gasteiger partial charge < -0.3 is 14.8 Å². The highest BCUT2D eigenvalue weighted by Gasteiger charge is 2.22. The van der Waals surface area contributed by atoms with Gasteiger partial charge in [0, 0.05) is 12.1 Å². The second kappa shape index (κ2) is 6.64. The second-order valence-electron chi connectivity index (χ2n) is 4.80. The molecule has 1 N–H and O–H groups in total. The molecule has 1 aliphatic carbocycles. The molecule has 2 unspecified atom stereocenters. The van der Waals surface area contributed by atoms with Crippen LogP contribution < -0.4 is 14.8 Å². The predicted octanol–water partition coefficient (Wildman–Crippen LogP) is 2.99. The third kappa shape index (κ3) is 3.64. The van der Waals surface area contributed by atoms with E-state index in [9.17, 15) is 0 Å². The van der Waals surface area contributed by atoms with Crippen LogP contribution in [0.5, 0.6) is 11.5 Å². The fourth-order valence-corrected chi connectivity index (χ4v) is 2.51. The Bertz CT molecular complexity index is 367. The molecule has 0 aromatic heterocycles. The zero-order chi connectivity index (χ0) is 12.8. The minimum atomic E-state index is 0.327. The average molecular weight is 249 g/mol. The molecule has 1 aliphatic rings. The van der Waals surface area contributed by atoms with Crippen LogP contribution >= 0.6 is 0 Å². The monoisotopic (exact) mass is 249 g/mol. The Morgan fingerprint density at radius 2 is 2.11 bits per heavy atom. The number of ether oxygens (including phenoxy) is 2. The summed E-state index contributed by atoms with van der Waals surface area (Å²) in [7, 11) is 2.03. The van der Waals surface area contributed by atoms with Crippen molar-refractivity contribution in [3.05, 3.63) is 24.3 Å². The third-order valence-electron chi connectivity index (χ3n) is 3.45. The molecular weight excluding hydrogens is 226 g/mol. The van der Waals surface area contributed by atoms with Crippen LogP contribution in [0.1, 0.15) is 32.6 Å². The van der Waals surface area contributed by atoms with Gasteiger partial charge in [-0.2, -0.15) is 0 Å². The molecule has 0 saturated heterocycles. The van der Waals surface area contributed by atoms with E-state index >= 15 is 0 Å². The van der Waals surface area contributed by atoms with Crippen LogP contribution in [0.4, 0.5) is 0 Å². The number of hydrogen-bond acceptors (Lipinski definition) is 3. The summed E-state index contributed by atoms with van der Waals surface area (Å²) in [5.74, 6) is 1.80. The van der Waals surface area contributed by atoms with Crippen molar-refractivity contribution in [3.8, 4) is 11.5 Å². The van der Waals surface area contributed by atoms with Crippen LogP contribution in [0, 0.1) is 0 Å². The fraction of sp³-hybridized carbons (Fsp3) is 0.600. The van der Waals surface area contributed by atoms with Crippen LogP contribution in [0.25, 0.3) is 0 Å². The predicted molar refractivity (Wildman–Crippen MR) is 73.3 cm³/mol. The lowest BCUT2D eigenvalue weighted by atomic mass is 9.93. The molecule has 0 aliphatic heterocycles. The minimum Gasteiger partial charge on any atom is -0.494 e. The van der Waals surface area contributed by atoms with Crippen LogP contribution in [0.3, 0.4) is 0 Å². The molecule has 0 heterocycles. The first kappa shape index (κ1) is 13.2. The minimum absolute atomic E-state index is 0.327. The second-order valence-corrected chi connectivity index (χ2v) is 4.80. The Kier molecular flexibility index (Phi) is 4.88. The Balaban J connectivity index is 1.93. The summed E-state index contributed by atoms with van der Waals surface area (Å²) in [6.07, 6.45) is 5.07. The normalized spacial score (nSPS) is 23.7. The molecule has 3 nitrogen and oxygen atoms in total. The smallest absolute Gasteiger partial charge is 0.123 e. The van der Waals surface area contributed by atoms with Crippen molar-refractivity contribution in [2.45, 2.75) is 44.8 Å². The quantitative estimate of drug-likeness (QED) is 0.870. The van der Waals surface area contributed by atoms with Crippen LogP contribution in [0.2, 0.25) is 0 Å². The van der Waals surface area contributed by atoms with Gasteiger partial charge in [-0.1, -0.05) is 6.07 Å². The topological polar surface area (TPSA) is 30.5 Å². The zero-order valence-corrected chi connectivity index (χ0v) is 11.3. The summed E-state index contributed by atoms with van der Waals surface area (Å²) < 4.78 is 11.5. The summed E-state index contributed by atoms with van der Waals surface area (Å²) >= 11 is 0. The van der Waals surface area contributed by atoms with Gasteiger partial charge in [0.2, 0.25) is 0 Å². The molecule has 0 bridgehead atoms. The highest BCUT2D eigenvalue weighted by atomic mass is 16.5. The Hall–Kier alpha value is -1.22. The van der Waals surface area contributed by atoms with E-state index in [-0.39, 0.29) is 0 Å². The molecule has 1 aromatic carbocycles. The summed E-state index contributed by atoms with van der Waals surface area (Å²) in [6, 6.07) is 8.53. The lowest BCUT2D eigenvalue weighted by Crippen LogP contribution is -2.36. The van der Waals surface area contributed by atoms with Crippen molar-refractivity contribution >= 4 is 0 Å². The van der Waals surface area contributed by atoms with Gasteiger partial charge in [-0.25, -0.2) is 0 Å². The van der Waals surface area contributed by atoms with E-state index in [2.05, 4.69) is 5.32 Å². The van der Waals surface area contributed by atoms with E-state index in [0.29, 0.717) is 18.8 Å². The van der Waals surface area contributed by atoms with Crippen molar-refractivity contribution in [2.75, 3.05) is 13.7 Å². The van der Waals surface area contributed by atoms with Gasteiger partial charge in [0.1, 0.15) is 17.6 Å². The van der Waals surface area contributed by atoms with Crippen LogP contribution in [-0.2, 0) is 0 Å². The van der Waals surface area contributed by atoms with E-state index in [1.807, 2.05) is 38.2 Å². The maximum Gasteiger partial charge on any atom is 0.123 e. The van der Waals surface area contributed by atoms with Crippen molar-refractivity contribution < 1.29 is 9.47 Å². The largest absolute Gasteiger partial charge is 0.494 e. The first-order valence-electron chi connectivity index (χ1n) is 6.88. The Labute approximate surface area is 109 Å². The van der Waals surface area contributed by atoms with Gasteiger partial charge >= 0.3 is 0 Å². The number of hydrogen-bond donors (Lipinski definition) is 1. The number of rotatable bonds is 5. The molecule has 1 saturated carbocycles. The van der Waals surface area contributed by atoms with E-state index in [4.69, 9.17) is 9.47 Å². The average Bonchev–Trinajstić information content (AvgIpc) is 2.40. The molecule has 0 radical (unpaired) electrons. The fourth-order valence-electron chi connectivity index (χ4n) is 2.51. The van der Waals surface area contributed by atoms with Gasteiger partial charge in [0.05, 0.1) is 6.61 Å². The molecule has 100 valence electrons. The maximum absolute atomic E-state index is 6.05. The SMILES string of the molecule is CCOc1cccc(OC2CCCC(NC)C2)c1. The Morgan fingerprint density at radius 1 is 1.28 bits per heavy atom. The third-order valence-corrected chi connectivity index (χ3v) is 3.45. The zero-order valence-electron chi connectivity index (χ0n) is 11.3. The van der Waals surface area contributed by atoms with Crippen molar-refractivity contribution in [2.24, 2.45) is 0 Å². The Morgan fingerprint density at radius 3 is 2.89 bits per heavy atom. The molecule has 0 amide bonds. The summed E-state index contributed by atoms with van der Waals surface area (Å²) in [4.78, 5) is 0. The van der Waals surface area contributed by atoms with Gasteiger partial charge in [0.15, 0.2) is 0 Å². The molecule has 1 fully saturated rings.